The number of likely N-dealkylation sites (tertiary alicyclic amines) is 1. The van der Waals surface area contributed by atoms with Crippen LogP contribution >= 0.6 is 0 Å². The van der Waals surface area contributed by atoms with Gasteiger partial charge in [0, 0.05) is 19.6 Å². The molecule has 1 atom stereocenters. The Morgan fingerprint density at radius 2 is 2.14 bits per heavy atom. The van der Waals surface area contributed by atoms with Crippen molar-refractivity contribution >= 4 is 12.1 Å². The first-order valence-electron chi connectivity index (χ1n) is 7.25. The van der Waals surface area contributed by atoms with Crippen molar-refractivity contribution in [1.29, 1.82) is 0 Å². The summed E-state index contributed by atoms with van der Waals surface area (Å²) in [6, 6.07) is 0. The molecule has 1 aliphatic heterocycles. The van der Waals surface area contributed by atoms with Crippen LogP contribution < -0.4 is 0 Å². The summed E-state index contributed by atoms with van der Waals surface area (Å²) in [4.78, 5) is 25.0. The molecule has 122 valence electrons. The molecule has 0 radical (unpaired) electrons. The molecule has 1 saturated heterocycles. The van der Waals surface area contributed by atoms with E-state index >= 15 is 0 Å². The van der Waals surface area contributed by atoms with E-state index in [1.807, 2.05) is 20.8 Å². The third-order valence-electron chi connectivity index (χ3n) is 3.32. The van der Waals surface area contributed by atoms with E-state index < -0.39 is 11.6 Å². The van der Waals surface area contributed by atoms with Crippen LogP contribution in [-0.4, -0.2) is 57.8 Å². The smallest absolute Gasteiger partial charge is 0.410 e. The van der Waals surface area contributed by atoms with Crippen molar-refractivity contribution in [1.82, 2.24) is 19.9 Å². The number of aromatic nitrogens is 3. The van der Waals surface area contributed by atoms with Crippen LogP contribution in [0.1, 0.15) is 37.7 Å². The third kappa shape index (κ3) is 4.19. The summed E-state index contributed by atoms with van der Waals surface area (Å²) in [5.41, 5.74) is -0.305. The van der Waals surface area contributed by atoms with Crippen LogP contribution in [0.3, 0.4) is 0 Å². The largest absolute Gasteiger partial charge is 0.464 e. The molecule has 8 heteroatoms. The number of carbonyl (C=O) groups is 2. The number of methoxy groups -OCH3 is 1. The molecule has 1 unspecified atom stereocenters. The molecule has 2 heterocycles. The Morgan fingerprint density at radius 1 is 1.41 bits per heavy atom. The minimum absolute atomic E-state index is 0.185. The highest BCUT2D eigenvalue weighted by molar-refractivity contribution is 5.86. The van der Waals surface area contributed by atoms with Crippen molar-refractivity contribution in [2.24, 2.45) is 5.92 Å². The Balaban J connectivity index is 1.87. The normalized spacial score (nSPS) is 18.4. The van der Waals surface area contributed by atoms with Crippen LogP contribution in [0.4, 0.5) is 4.79 Å². The van der Waals surface area contributed by atoms with Crippen molar-refractivity contribution in [3.63, 3.8) is 0 Å². The first kappa shape index (κ1) is 16.3. The van der Waals surface area contributed by atoms with Gasteiger partial charge >= 0.3 is 12.1 Å². The molecule has 1 aromatic heterocycles. The summed E-state index contributed by atoms with van der Waals surface area (Å²) < 4.78 is 11.6. The Hall–Kier alpha value is -2.12. The zero-order valence-corrected chi connectivity index (χ0v) is 13.4. The number of ether oxygens (including phenoxy) is 2. The maximum Gasteiger partial charge on any atom is 0.410 e. The van der Waals surface area contributed by atoms with Gasteiger partial charge in [-0.25, -0.2) is 9.59 Å². The van der Waals surface area contributed by atoms with E-state index in [2.05, 4.69) is 15.0 Å². The maximum atomic E-state index is 12.0. The zero-order chi connectivity index (χ0) is 16.3. The minimum Gasteiger partial charge on any atom is -0.464 e. The predicted molar refractivity (Wildman–Crippen MR) is 77.3 cm³/mol. The van der Waals surface area contributed by atoms with E-state index in [1.165, 1.54) is 7.11 Å². The Kier molecular flexibility index (Phi) is 4.68. The molecule has 1 amide bonds. The van der Waals surface area contributed by atoms with Gasteiger partial charge in [-0.1, -0.05) is 5.21 Å². The average Bonchev–Trinajstić information content (AvgIpc) is 3.06. The minimum atomic E-state index is -0.506. The summed E-state index contributed by atoms with van der Waals surface area (Å²) in [5.74, 6) is -0.243. The lowest BCUT2D eigenvalue weighted by Gasteiger charge is -2.24. The highest BCUT2D eigenvalue weighted by Gasteiger charge is 2.30. The van der Waals surface area contributed by atoms with Crippen molar-refractivity contribution in [3.05, 3.63) is 11.9 Å². The highest BCUT2D eigenvalue weighted by Crippen LogP contribution is 2.20. The van der Waals surface area contributed by atoms with Crippen LogP contribution in [0, 0.1) is 5.92 Å². The van der Waals surface area contributed by atoms with Crippen LogP contribution in [-0.2, 0) is 16.0 Å². The maximum absolute atomic E-state index is 12.0. The molecule has 0 aliphatic carbocycles. The van der Waals surface area contributed by atoms with Gasteiger partial charge in [0.15, 0.2) is 5.69 Å². The lowest BCUT2D eigenvalue weighted by atomic mass is 10.1. The molecule has 0 bridgehead atoms. The number of rotatable bonds is 3. The van der Waals surface area contributed by atoms with Gasteiger partial charge in [0.25, 0.3) is 0 Å². The molecule has 0 N–H and O–H groups in total. The summed E-state index contributed by atoms with van der Waals surface area (Å²) in [7, 11) is 1.30. The predicted octanol–water partition coefficient (Wildman–Crippen LogP) is 1.32. The van der Waals surface area contributed by atoms with Crippen molar-refractivity contribution in [3.8, 4) is 0 Å². The topological polar surface area (TPSA) is 86.5 Å². The fourth-order valence-electron chi connectivity index (χ4n) is 2.32. The number of carbonyl (C=O) groups excluding carboxylic acids is 2. The van der Waals surface area contributed by atoms with Crippen molar-refractivity contribution in [2.75, 3.05) is 20.2 Å². The van der Waals surface area contributed by atoms with Gasteiger partial charge in [-0.2, -0.15) is 0 Å². The van der Waals surface area contributed by atoms with Gasteiger partial charge < -0.3 is 14.4 Å². The molecule has 22 heavy (non-hydrogen) atoms. The number of esters is 1. The highest BCUT2D eigenvalue weighted by atomic mass is 16.6. The van der Waals surface area contributed by atoms with E-state index in [9.17, 15) is 9.59 Å². The molecule has 2 rings (SSSR count). The van der Waals surface area contributed by atoms with E-state index in [0.717, 1.165) is 6.42 Å². The second-order valence-electron chi connectivity index (χ2n) is 6.40. The molecule has 1 aromatic rings. The second kappa shape index (κ2) is 6.33. The average molecular weight is 310 g/mol. The van der Waals surface area contributed by atoms with E-state index in [1.54, 1.807) is 15.8 Å². The molecule has 0 spiro atoms. The van der Waals surface area contributed by atoms with E-state index in [0.29, 0.717) is 19.6 Å². The van der Waals surface area contributed by atoms with E-state index in [-0.39, 0.29) is 17.7 Å². The Bertz CT molecular complexity index is 549. The molecular weight excluding hydrogens is 288 g/mol. The van der Waals surface area contributed by atoms with Gasteiger partial charge in [-0.15, -0.1) is 5.10 Å². The van der Waals surface area contributed by atoms with Gasteiger partial charge in [0.1, 0.15) is 5.60 Å². The van der Waals surface area contributed by atoms with E-state index in [4.69, 9.17) is 4.74 Å². The lowest BCUT2D eigenvalue weighted by molar-refractivity contribution is 0.0286. The fraction of sp³-hybridized carbons (Fsp3) is 0.714. The van der Waals surface area contributed by atoms with Crippen LogP contribution in [0.2, 0.25) is 0 Å². The molecule has 0 saturated carbocycles. The zero-order valence-electron chi connectivity index (χ0n) is 13.4. The van der Waals surface area contributed by atoms with Gasteiger partial charge in [0.05, 0.1) is 13.3 Å². The number of amides is 1. The molecule has 1 fully saturated rings. The lowest BCUT2D eigenvalue weighted by Crippen LogP contribution is -2.35. The second-order valence-corrected chi connectivity index (χ2v) is 6.40. The Morgan fingerprint density at radius 3 is 2.77 bits per heavy atom. The standard InChI is InChI=1S/C14H22N4O4/c1-14(2,3)22-13(20)17-6-5-10(7-17)8-18-9-11(15-16-18)12(19)21-4/h9-10H,5-8H2,1-4H3. The molecule has 0 aromatic carbocycles. The van der Waals surface area contributed by atoms with Crippen LogP contribution in [0.15, 0.2) is 6.20 Å². The third-order valence-corrected chi connectivity index (χ3v) is 3.32. The number of hydrogen-bond donors (Lipinski definition) is 0. The molecule has 8 nitrogen and oxygen atoms in total. The quantitative estimate of drug-likeness (QED) is 0.783. The Labute approximate surface area is 129 Å². The summed E-state index contributed by atoms with van der Waals surface area (Å²) in [6.45, 7) is 7.43. The molecule has 1 aliphatic rings. The summed E-state index contributed by atoms with van der Waals surface area (Å²) in [5, 5.41) is 7.67. The van der Waals surface area contributed by atoms with Crippen molar-refractivity contribution < 1.29 is 19.1 Å². The summed E-state index contributed by atoms with van der Waals surface area (Å²) in [6.07, 6.45) is 2.14. The fourth-order valence-corrected chi connectivity index (χ4v) is 2.32. The first-order chi connectivity index (χ1) is 10.3. The molecular formula is C14H22N4O4. The van der Waals surface area contributed by atoms with Crippen LogP contribution in [0.5, 0.6) is 0 Å². The van der Waals surface area contributed by atoms with Gasteiger partial charge in [-0.05, 0) is 33.1 Å². The monoisotopic (exact) mass is 310 g/mol. The van der Waals surface area contributed by atoms with Gasteiger partial charge in [-0.3, -0.25) is 4.68 Å². The van der Waals surface area contributed by atoms with Gasteiger partial charge in [0.2, 0.25) is 0 Å². The number of nitrogens with zero attached hydrogens (tertiary/aromatic N) is 4. The summed E-state index contributed by atoms with van der Waals surface area (Å²) >= 11 is 0. The number of hydrogen-bond acceptors (Lipinski definition) is 6. The van der Waals surface area contributed by atoms with Crippen molar-refractivity contribution in [2.45, 2.75) is 39.3 Å². The SMILES string of the molecule is COC(=O)c1cn(CC2CCN(C(=O)OC(C)(C)C)C2)nn1. The first-order valence-corrected chi connectivity index (χ1v) is 7.25. The van der Waals surface area contributed by atoms with Crippen LogP contribution in [0.25, 0.3) is 0 Å².